The van der Waals surface area contributed by atoms with Crippen molar-refractivity contribution >= 4 is 17.1 Å². The number of nitrogens with one attached hydrogen (secondary N) is 3. The predicted octanol–water partition coefficient (Wildman–Crippen LogP) is 2.47. The highest BCUT2D eigenvalue weighted by Crippen LogP contribution is 2.30. The molecule has 3 rings (SSSR count). The number of rotatable bonds is 5. The number of H-pyrrole nitrogens is 1. The number of fused-ring (bicyclic) bond motifs is 1. The van der Waals surface area contributed by atoms with Gasteiger partial charge in [-0.05, 0) is 37.3 Å². The van der Waals surface area contributed by atoms with Gasteiger partial charge in [0.25, 0.3) is 0 Å². The number of benzene rings is 1. The van der Waals surface area contributed by atoms with Crippen LogP contribution >= 0.6 is 0 Å². The second-order valence-corrected chi connectivity index (χ2v) is 6.77. The molecular formula is C17H24N4O2. The molecule has 0 saturated heterocycles. The number of urea groups is 1. The van der Waals surface area contributed by atoms with Crippen molar-refractivity contribution < 1.29 is 9.90 Å². The summed E-state index contributed by atoms with van der Waals surface area (Å²) in [5.41, 5.74) is 1.13. The summed E-state index contributed by atoms with van der Waals surface area (Å²) in [5, 5.41) is 15.8. The molecule has 0 bridgehead atoms. The number of imidazole rings is 1. The lowest BCUT2D eigenvalue weighted by molar-refractivity contribution is -0.0290. The lowest BCUT2D eigenvalue weighted by Gasteiger charge is -2.36. The van der Waals surface area contributed by atoms with Gasteiger partial charge in [0.15, 0.2) is 0 Å². The molecule has 0 spiro atoms. The molecule has 4 N–H and O–H groups in total. The normalized spacial score (nSPS) is 17.7. The number of hydrogen-bond donors (Lipinski definition) is 4. The zero-order valence-electron chi connectivity index (χ0n) is 13.6. The van der Waals surface area contributed by atoms with E-state index < -0.39 is 5.60 Å². The van der Waals surface area contributed by atoms with Gasteiger partial charge in [0.05, 0.1) is 22.7 Å². The second-order valence-electron chi connectivity index (χ2n) is 6.77. The first kappa shape index (κ1) is 15.8. The third kappa shape index (κ3) is 3.47. The molecule has 1 aromatic heterocycles. The van der Waals surface area contributed by atoms with E-state index in [1.165, 1.54) is 0 Å². The van der Waals surface area contributed by atoms with E-state index in [4.69, 9.17) is 0 Å². The zero-order valence-corrected chi connectivity index (χ0v) is 13.6. The van der Waals surface area contributed by atoms with E-state index >= 15 is 0 Å². The Bertz CT molecular complexity index is 658. The van der Waals surface area contributed by atoms with Gasteiger partial charge in [-0.25, -0.2) is 9.78 Å². The van der Waals surface area contributed by atoms with Gasteiger partial charge in [0.2, 0.25) is 0 Å². The number of carbonyl (C=O) groups excluding carboxylic acids is 1. The van der Waals surface area contributed by atoms with Gasteiger partial charge in [-0.3, -0.25) is 0 Å². The number of nitrogens with zero attached hydrogens (tertiary/aromatic N) is 1. The Kier molecular flexibility index (Phi) is 4.26. The van der Waals surface area contributed by atoms with Crippen LogP contribution in [0.25, 0.3) is 11.0 Å². The number of para-hydroxylation sites is 2. The summed E-state index contributed by atoms with van der Waals surface area (Å²) in [6, 6.07) is 7.32. The minimum absolute atomic E-state index is 0.188. The van der Waals surface area contributed by atoms with Gasteiger partial charge in [-0.2, -0.15) is 0 Å². The number of aliphatic hydroxyl groups is 1. The maximum absolute atomic E-state index is 12.2. The maximum atomic E-state index is 12.2. The second kappa shape index (κ2) is 6.20. The summed E-state index contributed by atoms with van der Waals surface area (Å²) in [6.07, 6.45) is 2.53. The Hall–Kier alpha value is -2.08. The van der Waals surface area contributed by atoms with Crippen LogP contribution in [0.4, 0.5) is 4.79 Å². The fourth-order valence-corrected chi connectivity index (χ4v) is 2.87. The van der Waals surface area contributed by atoms with Crippen LogP contribution in [0.1, 0.15) is 45.0 Å². The van der Waals surface area contributed by atoms with Crippen LogP contribution in [0, 0.1) is 5.92 Å². The minimum atomic E-state index is -0.718. The SMILES string of the molecule is CC(C)C(NC(=O)NCC1(O)CCC1)c1nc2ccccc2[nH]1. The van der Waals surface area contributed by atoms with E-state index in [9.17, 15) is 9.90 Å². The number of aromatic nitrogens is 2. The molecule has 2 amide bonds. The van der Waals surface area contributed by atoms with Gasteiger partial charge < -0.3 is 20.7 Å². The molecule has 1 atom stereocenters. The Labute approximate surface area is 135 Å². The van der Waals surface area contributed by atoms with Crippen molar-refractivity contribution in [2.24, 2.45) is 5.92 Å². The van der Waals surface area contributed by atoms with Crippen LogP contribution in [0.2, 0.25) is 0 Å². The number of hydrogen-bond acceptors (Lipinski definition) is 3. The smallest absolute Gasteiger partial charge is 0.315 e. The van der Waals surface area contributed by atoms with Gasteiger partial charge >= 0.3 is 6.03 Å². The van der Waals surface area contributed by atoms with Crippen molar-refractivity contribution in [1.29, 1.82) is 0 Å². The van der Waals surface area contributed by atoms with Crippen molar-refractivity contribution in [2.45, 2.75) is 44.8 Å². The Morgan fingerprint density at radius 2 is 2.13 bits per heavy atom. The Morgan fingerprint density at radius 1 is 1.39 bits per heavy atom. The molecule has 23 heavy (non-hydrogen) atoms. The first-order valence-corrected chi connectivity index (χ1v) is 8.18. The van der Waals surface area contributed by atoms with Gasteiger partial charge in [-0.1, -0.05) is 26.0 Å². The Balaban J connectivity index is 1.67. The van der Waals surface area contributed by atoms with Gasteiger partial charge in [-0.15, -0.1) is 0 Å². The Morgan fingerprint density at radius 3 is 2.74 bits per heavy atom. The van der Waals surface area contributed by atoms with Crippen LogP contribution in [0.15, 0.2) is 24.3 Å². The quantitative estimate of drug-likeness (QED) is 0.683. The highest BCUT2D eigenvalue weighted by molar-refractivity contribution is 5.76. The van der Waals surface area contributed by atoms with E-state index in [0.717, 1.165) is 36.1 Å². The average molecular weight is 316 g/mol. The van der Waals surface area contributed by atoms with E-state index in [2.05, 4.69) is 20.6 Å². The fraction of sp³-hybridized carbons (Fsp3) is 0.529. The monoisotopic (exact) mass is 316 g/mol. The minimum Gasteiger partial charge on any atom is -0.388 e. The molecule has 1 unspecified atom stereocenters. The lowest BCUT2D eigenvalue weighted by atomic mass is 9.80. The molecule has 1 aliphatic rings. The molecule has 0 radical (unpaired) electrons. The summed E-state index contributed by atoms with van der Waals surface area (Å²) >= 11 is 0. The molecule has 2 aromatic rings. The largest absolute Gasteiger partial charge is 0.388 e. The van der Waals surface area contributed by atoms with Gasteiger partial charge in [0, 0.05) is 6.54 Å². The van der Waals surface area contributed by atoms with Crippen molar-refractivity contribution in [3.05, 3.63) is 30.1 Å². The summed E-state index contributed by atoms with van der Waals surface area (Å²) in [7, 11) is 0. The van der Waals surface area contributed by atoms with E-state index in [0.29, 0.717) is 6.54 Å². The molecule has 1 aromatic carbocycles. The molecule has 1 fully saturated rings. The fourth-order valence-electron chi connectivity index (χ4n) is 2.87. The van der Waals surface area contributed by atoms with E-state index in [1.807, 2.05) is 38.1 Å². The highest BCUT2D eigenvalue weighted by atomic mass is 16.3. The van der Waals surface area contributed by atoms with Crippen LogP contribution < -0.4 is 10.6 Å². The zero-order chi connectivity index (χ0) is 16.4. The van der Waals surface area contributed by atoms with E-state index in [1.54, 1.807) is 0 Å². The standard InChI is InChI=1S/C17H24N4O2/c1-11(2)14(15-19-12-6-3-4-7-13(12)20-15)21-16(22)18-10-17(23)8-5-9-17/h3-4,6-7,11,14,23H,5,8-10H2,1-2H3,(H,19,20)(H2,18,21,22). The summed E-state index contributed by atoms with van der Waals surface area (Å²) < 4.78 is 0. The molecule has 0 aliphatic heterocycles. The molecule has 1 saturated carbocycles. The van der Waals surface area contributed by atoms with Crippen LogP contribution in [-0.2, 0) is 0 Å². The van der Waals surface area contributed by atoms with Gasteiger partial charge in [0.1, 0.15) is 5.82 Å². The number of carbonyl (C=O) groups is 1. The van der Waals surface area contributed by atoms with Crippen molar-refractivity contribution in [1.82, 2.24) is 20.6 Å². The molecular weight excluding hydrogens is 292 g/mol. The molecule has 1 aliphatic carbocycles. The predicted molar refractivity (Wildman–Crippen MR) is 89.0 cm³/mol. The van der Waals surface area contributed by atoms with Crippen molar-refractivity contribution in [3.8, 4) is 0 Å². The molecule has 6 heteroatoms. The molecule has 1 heterocycles. The first-order chi connectivity index (χ1) is 11.0. The van der Waals surface area contributed by atoms with Crippen LogP contribution in [0.3, 0.4) is 0 Å². The summed E-state index contributed by atoms with van der Waals surface area (Å²) in [5.74, 6) is 0.937. The number of aromatic amines is 1. The lowest BCUT2D eigenvalue weighted by Crippen LogP contribution is -2.50. The summed E-state index contributed by atoms with van der Waals surface area (Å²) in [4.78, 5) is 20.0. The molecule has 124 valence electrons. The van der Waals surface area contributed by atoms with Crippen molar-refractivity contribution in [2.75, 3.05) is 6.54 Å². The van der Waals surface area contributed by atoms with E-state index in [-0.39, 0.29) is 18.0 Å². The third-order valence-corrected chi connectivity index (χ3v) is 4.52. The van der Waals surface area contributed by atoms with Crippen LogP contribution in [0.5, 0.6) is 0 Å². The summed E-state index contributed by atoms with van der Waals surface area (Å²) in [6.45, 7) is 4.37. The third-order valence-electron chi connectivity index (χ3n) is 4.52. The topological polar surface area (TPSA) is 90.0 Å². The maximum Gasteiger partial charge on any atom is 0.315 e. The van der Waals surface area contributed by atoms with Crippen LogP contribution in [-0.4, -0.2) is 33.3 Å². The highest BCUT2D eigenvalue weighted by Gasteiger charge is 2.34. The molecule has 6 nitrogen and oxygen atoms in total. The number of amides is 2. The average Bonchev–Trinajstić information content (AvgIpc) is 2.91. The van der Waals surface area contributed by atoms with Crippen molar-refractivity contribution in [3.63, 3.8) is 0 Å². The first-order valence-electron chi connectivity index (χ1n) is 8.18.